The van der Waals surface area contributed by atoms with Gasteiger partial charge in [0.2, 0.25) is 0 Å². The average molecular weight is 193 g/mol. The van der Waals surface area contributed by atoms with Crippen molar-refractivity contribution in [2.45, 2.75) is 31.6 Å². The van der Waals surface area contributed by atoms with Crippen molar-refractivity contribution >= 4 is 0 Å². The Morgan fingerprint density at radius 1 is 1.38 bits per heavy atom. The lowest BCUT2D eigenvalue weighted by Gasteiger charge is -2.25. The second kappa shape index (κ2) is 4.86. The van der Waals surface area contributed by atoms with Crippen molar-refractivity contribution in [2.75, 3.05) is 19.8 Å². The van der Waals surface area contributed by atoms with E-state index >= 15 is 0 Å². The standard InChI is InChI=1S/C9H17F2NO/c10-9(11,6-12)7-13-5-4-8-2-1-3-8/h8H,1-7,12H2. The zero-order valence-corrected chi connectivity index (χ0v) is 7.77. The van der Waals surface area contributed by atoms with Gasteiger partial charge in [-0.2, -0.15) is 0 Å². The molecule has 0 bridgehead atoms. The predicted octanol–water partition coefficient (Wildman–Crippen LogP) is 1.79. The Labute approximate surface area is 77.4 Å². The molecule has 4 heteroatoms. The molecule has 0 unspecified atom stereocenters. The molecule has 2 nitrogen and oxygen atoms in total. The first-order valence-corrected chi connectivity index (χ1v) is 4.80. The van der Waals surface area contributed by atoms with Crippen LogP contribution in [0.5, 0.6) is 0 Å². The van der Waals surface area contributed by atoms with Gasteiger partial charge in [-0.3, -0.25) is 0 Å². The largest absolute Gasteiger partial charge is 0.375 e. The number of hydrogen-bond acceptors (Lipinski definition) is 2. The molecule has 1 aliphatic rings. The maximum Gasteiger partial charge on any atom is 0.282 e. The summed E-state index contributed by atoms with van der Waals surface area (Å²) in [6.07, 6.45) is 4.66. The van der Waals surface area contributed by atoms with Gasteiger partial charge in [-0.1, -0.05) is 19.3 Å². The molecule has 0 aromatic heterocycles. The van der Waals surface area contributed by atoms with Crippen molar-refractivity contribution < 1.29 is 13.5 Å². The average Bonchev–Trinajstić information content (AvgIpc) is 2.01. The molecule has 13 heavy (non-hydrogen) atoms. The quantitative estimate of drug-likeness (QED) is 0.653. The van der Waals surface area contributed by atoms with Crippen LogP contribution in [0.2, 0.25) is 0 Å². The fraction of sp³-hybridized carbons (Fsp3) is 1.00. The Balaban J connectivity index is 1.93. The van der Waals surface area contributed by atoms with Crippen LogP contribution in [0.3, 0.4) is 0 Å². The zero-order chi connectivity index (χ0) is 9.73. The number of alkyl halides is 2. The molecule has 0 aromatic rings. The molecule has 0 aliphatic heterocycles. The van der Waals surface area contributed by atoms with E-state index in [9.17, 15) is 8.78 Å². The molecule has 0 radical (unpaired) electrons. The first-order valence-electron chi connectivity index (χ1n) is 4.80. The Morgan fingerprint density at radius 3 is 2.54 bits per heavy atom. The third-order valence-corrected chi connectivity index (χ3v) is 2.51. The van der Waals surface area contributed by atoms with Gasteiger partial charge in [0, 0.05) is 6.61 Å². The number of hydrogen-bond donors (Lipinski definition) is 1. The first kappa shape index (κ1) is 10.9. The molecule has 1 rings (SSSR count). The van der Waals surface area contributed by atoms with Gasteiger partial charge >= 0.3 is 0 Å². The van der Waals surface area contributed by atoms with Crippen molar-refractivity contribution in [1.82, 2.24) is 0 Å². The summed E-state index contributed by atoms with van der Waals surface area (Å²) in [5.41, 5.74) is 4.86. The van der Waals surface area contributed by atoms with Gasteiger partial charge in [0.25, 0.3) is 5.92 Å². The highest BCUT2D eigenvalue weighted by molar-refractivity contribution is 4.69. The van der Waals surface area contributed by atoms with E-state index in [-0.39, 0.29) is 0 Å². The molecule has 1 aliphatic carbocycles. The molecule has 0 atom stereocenters. The molecular formula is C9H17F2NO. The van der Waals surface area contributed by atoms with E-state index in [1.807, 2.05) is 0 Å². The number of ether oxygens (including phenoxy) is 1. The molecule has 0 heterocycles. The molecule has 1 fully saturated rings. The van der Waals surface area contributed by atoms with Gasteiger partial charge < -0.3 is 10.5 Å². The predicted molar refractivity (Wildman–Crippen MR) is 46.8 cm³/mol. The maximum absolute atomic E-state index is 12.5. The summed E-state index contributed by atoms with van der Waals surface area (Å²) >= 11 is 0. The highest BCUT2D eigenvalue weighted by Gasteiger charge is 2.27. The third kappa shape index (κ3) is 4.00. The fourth-order valence-corrected chi connectivity index (χ4v) is 1.31. The first-order chi connectivity index (χ1) is 6.14. The second-order valence-electron chi connectivity index (χ2n) is 3.70. The SMILES string of the molecule is NCC(F)(F)COCCC1CCC1. The van der Waals surface area contributed by atoms with E-state index in [1.54, 1.807) is 0 Å². The van der Waals surface area contributed by atoms with Crippen LogP contribution in [-0.2, 0) is 4.74 Å². The Hall–Kier alpha value is -0.220. The van der Waals surface area contributed by atoms with Crippen molar-refractivity contribution in [2.24, 2.45) is 11.7 Å². The lowest BCUT2D eigenvalue weighted by molar-refractivity contribution is -0.0722. The summed E-state index contributed by atoms with van der Waals surface area (Å²) in [4.78, 5) is 0. The molecular weight excluding hydrogens is 176 g/mol. The summed E-state index contributed by atoms with van der Waals surface area (Å²) in [6, 6.07) is 0. The molecule has 0 amide bonds. The van der Waals surface area contributed by atoms with E-state index in [0.29, 0.717) is 12.5 Å². The van der Waals surface area contributed by atoms with Crippen LogP contribution in [0.1, 0.15) is 25.7 Å². The van der Waals surface area contributed by atoms with E-state index in [0.717, 1.165) is 6.42 Å². The lowest BCUT2D eigenvalue weighted by Crippen LogP contribution is -2.33. The summed E-state index contributed by atoms with van der Waals surface area (Å²) in [5.74, 6) is -2.13. The van der Waals surface area contributed by atoms with Crippen LogP contribution in [0.4, 0.5) is 8.78 Å². The van der Waals surface area contributed by atoms with Gasteiger partial charge in [-0.15, -0.1) is 0 Å². The van der Waals surface area contributed by atoms with Gasteiger partial charge in [0.15, 0.2) is 0 Å². The Bertz CT molecular complexity index is 149. The topological polar surface area (TPSA) is 35.2 Å². The fourth-order valence-electron chi connectivity index (χ4n) is 1.31. The highest BCUT2D eigenvalue weighted by Crippen LogP contribution is 2.29. The smallest absolute Gasteiger partial charge is 0.282 e. The van der Waals surface area contributed by atoms with Gasteiger partial charge in [0.1, 0.15) is 6.61 Å². The van der Waals surface area contributed by atoms with E-state index in [4.69, 9.17) is 10.5 Å². The monoisotopic (exact) mass is 193 g/mol. The van der Waals surface area contributed by atoms with Crippen LogP contribution in [0.25, 0.3) is 0 Å². The van der Waals surface area contributed by atoms with Crippen molar-refractivity contribution in [3.05, 3.63) is 0 Å². The van der Waals surface area contributed by atoms with Crippen molar-refractivity contribution in [1.29, 1.82) is 0 Å². The minimum Gasteiger partial charge on any atom is -0.375 e. The van der Waals surface area contributed by atoms with Crippen LogP contribution in [0, 0.1) is 5.92 Å². The molecule has 78 valence electrons. The Morgan fingerprint density at radius 2 is 2.08 bits per heavy atom. The van der Waals surface area contributed by atoms with Crippen LogP contribution >= 0.6 is 0 Å². The van der Waals surface area contributed by atoms with Crippen molar-refractivity contribution in [3.63, 3.8) is 0 Å². The van der Waals surface area contributed by atoms with Crippen molar-refractivity contribution in [3.8, 4) is 0 Å². The minimum absolute atomic E-state index is 0.445. The number of rotatable bonds is 6. The molecule has 2 N–H and O–H groups in total. The molecule has 0 saturated heterocycles. The zero-order valence-electron chi connectivity index (χ0n) is 7.77. The van der Waals surface area contributed by atoms with Gasteiger partial charge in [-0.05, 0) is 12.3 Å². The Kier molecular flexibility index (Phi) is 4.06. The number of nitrogens with two attached hydrogens (primary N) is 1. The normalized spacial score (nSPS) is 18.7. The summed E-state index contributed by atoms with van der Waals surface area (Å²) in [5, 5.41) is 0. The molecule has 0 aromatic carbocycles. The van der Waals surface area contributed by atoms with Crippen LogP contribution < -0.4 is 5.73 Å². The van der Waals surface area contributed by atoms with E-state index in [1.165, 1.54) is 19.3 Å². The summed E-state index contributed by atoms with van der Waals surface area (Å²) < 4.78 is 29.9. The third-order valence-electron chi connectivity index (χ3n) is 2.51. The van der Waals surface area contributed by atoms with Gasteiger partial charge in [-0.25, -0.2) is 8.78 Å². The highest BCUT2D eigenvalue weighted by atomic mass is 19.3. The summed E-state index contributed by atoms with van der Waals surface area (Å²) in [6.45, 7) is -0.715. The molecule has 0 spiro atoms. The minimum atomic E-state index is -2.85. The number of halogens is 2. The second-order valence-corrected chi connectivity index (χ2v) is 3.70. The van der Waals surface area contributed by atoms with Crippen LogP contribution in [0.15, 0.2) is 0 Å². The lowest BCUT2D eigenvalue weighted by atomic mass is 9.83. The molecule has 1 saturated carbocycles. The van der Waals surface area contributed by atoms with E-state index in [2.05, 4.69) is 0 Å². The van der Waals surface area contributed by atoms with E-state index < -0.39 is 19.1 Å². The summed E-state index contributed by atoms with van der Waals surface area (Å²) in [7, 11) is 0. The van der Waals surface area contributed by atoms with Crippen LogP contribution in [-0.4, -0.2) is 25.7 Å². The maximum atomic E-state index is 12.5. The van der Waals surface area contributed by atoms with Gasteiger partial charge in [0.05, 0.1) is 6.54 Å².